The number of benzene rings is 2. The molecule has 4 aromatic heterocycles. The molecule has 0 unspecified atom stereocenters. The highest BCUT2D eigenvalue weighted by Gasteiger charge is 2.10. The van der Waals surface area contributed by atoms with Crippen LogP contribution in [0.25, 0.3) is 52.7 Å². The number of thiophene rings is 2. The van der Waals surface area contributed by atoms with Crippen LogP contribution in [0.1, 0.15) is 0 Å². The standard InChI is InChI=1S/C24H14N4S2/c1-3-17-19(27-11-9-25-17)13-15(1)21-5-7-23(29-21)24-8-6-22(30-24)16-2-4-18-20(14-16)28-12-10-26-18/h1-14H. The van der Waals surface area contributed by atoms with Crippen molar-refractivity contribution in [1.82, 2.24) is 19.9 Å². The minimum Gasteiger partial charge on any atom is -0.253 e. The van der Waals surface area contributed by atoms with Crippen molar-refractivity contribution < 1.29 is 0 Å². The van der Waals surface area contributed by atoms with Gasteiger partial charge < -0.3 is 0 Å². The molecule has 4 nitrogen and oxygen atoms in total. The summed E-state index contributed by atoms with van der Waals surface area (Å²) in [6.45, 7) is 0. The van der Waals surface area contributed by atoms with E-state index in [1.807, 2.05) is 12.1 Å². The molecule has 0 aliphatic carbocycles. The quantitative estimate of drug-likeness (QED) is 0.318. The van der Waals surface area contributed by atoms with Crippen LogP contribution < -0.4 is 0 Å². The molecule has 142 valence electrons. The number of fused-ring (bicyclic) bond motifs is 2. The Kier molecular flexibility index (Phi) is 4.11. The predicted molar refractivity (Wildman–Crippen MR) is 125 cm³/mol. The van der Waals surface area contributed by atoms with Crippen LogP contribution in [-0.2, 0) is 0 Å². The van der Waals surface area contributed by atoms with Crippen molar-refractivity contribution in [2.75, 3.05) is 0 Å². The van der Waals surface area contributed by atoms with Crippen molar-refractivity contribution in [3.8, 4) is 30.6 Å². The fourth-order valence-electron chi connectivity index (χ4n) is 3.48. The molecule has 0 radical (unpaired) electrons. The third-order valence-corrected chi connectivity index (χ3v) is 7.43. The summed E-state index contributed by atoms with van der Waals surface area (Å²) < 4.78 is 0. The normalized spacial score (nSPS) is 11.3. The molecule has 0 aliphatic rings. The molecule has 2 aromatic carbocycles. The van der Waals surface area contributed by atoms with Gasteiger partial charge in [-0.25, -0.2) is 0 Å². The molecule has 0 N–H and O–H groups in total. The van der Waals surface area contributed by atoms with E-state index in [9.17, 15) is 0 Å². The van der Waals surface area contributed by atoms with Crippen molar-refractivity contribution >= 4 is 44.7 Å². The fraction of sp³-hybridized carbons (Fsp3) is 0. The van der Waals surface area contributed by atoms with E-state index in [1.54, 1.807) is 47.5 Å². The summed E-state index contributed by atoms with van der Waals surface area (Å²) >= 11 is 3.60. The lowest BCUT2D eigenvalue weighted by atomic mass is 10.1. The first-order chi connectivity index (χ1) is 14.8. The highest BCUT2D eigenvalue weighted by atomic mass is 32.1. The first-order valence-electron chi connectivity index (χ1n) is 9.46. The van der Waals surface area contributed by atoms with Gasteiger partial charge in [0.15, 0.2) is 0 Å². The van der Waals surface area contributed by atoms with Crippen LogP contribution in [0.15, 0.2) is 85.5 Å². The molecule has 0 aliphatic heterocycles. The number of hydrogen-bond donors (Lipinski definition) is 0. The Bertz CT molecular complexity index is 1400. The Balaban J connectivity index is 1.33. The molecule has 6 aromatic rings. The van der Waals surface area contributed by atoms with E-state index in [0.29, 0.717) is 0 Å². The van der Waals surface area contributed by atoms with Gasteiger partial charge in [-0.15, -0.1) is 22.7 Å². The van der Waals surface area contributed by atoms with Gasteiger partial charge in [0.1, 0.15) is 0 Å². The summed E-state index contributed by atoms with van der Waals surface area (Å²) in [5.41, 5.74) is 6.01. The van der Waals surface area contributed by atoms with E-state index in [0.717, 1.165) is 22.1 Å². The van der Waals surface area contributed by atoms with Crippen LogP contribution in [-0.4, -0.2) is 19.9 Å². The summed E-state index contributed by atoms with van der Waals surface area (Å²) in [7, 11) is 0. The lowest BCUT2D eigenvalue weighted by molar-refractivity contribution is 1.29. The molecule has 0 saturated carbocycles. The first kappa shape index (κ1) is 17.4. The highest BCUT2D eigenvalue weighted by molar-refractivity contribution is 7.25. The molecular formula is C24H14N4S2. The van der Waals surface area contributed by atoms with Crippen LogP contribution in [0.2, 0.25) is 0 Å². The zero-order valence-corrected chi connectivity index (χ0v) is 17.3. The van der Waals surface area contributed by atoms with Gasteiger partial charge in [0.25, 0.3) is 0 Å². The lowest BCUT2D eigenvalue weighted by Crippen LogP contribution is -1.82. The van der Waals surface area contributed by atoms with E-state index in [1.165, 1.54) is 30.6 Å². The molecule has 4 heterocycles. The molecule has 0 saturated heterocycles. The van der Waals surface area contributed by atoms with Gasteiger partial charge in [-0.2, -0.15) is 0 Å². The second kappa shape index (κ2) is 7.09. The SMILES string of the molecule is c1cnc2cc(-c3ccc(-c4ccc(-c5ccc6nccnc6c5)s4)s3)ccc2n1. The van der Waals surface area contributed by atoms with Crippen LogP contribution in [0.5, 0.6) is 0 Å². The third kappa shape index (κ3) is 3.07. The second-order valence-electron chi connectivity index (χ2n) is 6.85. The van der Waals surface area contributed by atoms with E-state index in [4.69, 9.17) is 0 Å². The van der Waals surface area contributed by atoms with Gasteiger partial charge in [0.2, 0.25) is 0 Å². The summed E-state index contributed by atoms with van der Waals surface area (Å²) in [5.74, 6) is 0. The number of aromatic nitrogens is 4. The average Bonchev–Trinajstić information content (AvgIpc) is 3.48. The number of rotatable bonds is 3. The Morgan fingerprint density at radius 3 is 1.27 bits per heavy atom. The zero-order valence-electron chi connectivity index (χ0n) is 15.7. The van der Waals surface area contributed by atoms with Crippen LogP contribution in [0.4, 0.5) is 0 Å². The Hall–Kier alpha value is -3.48. The average molecular weight is 423 g/mol. The van der Waals surface area contributed by atoms with E-state index in [-0.39, 0.29) is 0 Å². The smallest absolute Gasteiger partial charge is 0.0893 e. The lowest BCUT2D eigenvalue weighted by Gasteiger charge is -2.00. The summed E-state index contributed by atoms with van der Waals surface area (Å²) in [4.78, 5) is 22.5. The van der Waals surface area contributed by atoms with E-state index < -0.39 is 0 Å². The van der Waals surface area contributed by atoms with Crippen molar-refractivity contribution in [2.24, 2.45) is 0 Å². The van der Waals surface area contributed by atoms with E-state index in [2.05, 4.69) is 68.5 Å². The predicted octanol–water partition coefficient (Wildman–Crippen LogP) is 6.70. The maximum absolute atomic E-state index is 4.43. The van der Waals surface area contributed by atoms with Crippen molar-refractivity contribution in [2.45, 2.75) is 0 Å². The Morgan fingerprint density at radius 1 is 0.400 bits per heavy atom. The van der Waals surface area contributed by atoms with Gasteiger partial charge in [-0.3, -0.25) is 19.9 Å². The van der Waals surface area contributed by atoms with Crippen LogP contribution in [0, 0.1) is 0 Å². The molecular weight excluding hydrogens is 408 g/mol. The first-order valence-corrected chi connectivity index (χ1v) is 11.1. The van der Waals surface area contributed by atoms with Crippen LogP contribution >= 0.6 is 22.7 Å². The Morgan fingerprint density at radius 2 is 0.800 bits per heavy atom. The fourth-order valence-corrected chi connectivity index (χ4v) is 5.58. The summed E-state index contributed by atoms with van der Waals surface area (Å²) in [6.07, 6.45) is 6.92. The van der Waals surface area contributed by atoms with Gasteiger partial charge in [0, 0.05) is 44.3 Å². The maximum atomic E-state index is 4.43. The zero-order chi connectivity index (χ0) is 19.9. The molecule has 0 amide bonds. The van der Waals surface area contributed by atoms with Crippen molar-refractivity contribution in [1.29, 1.82) is 0 Å². The molecule has 0 fully saturated rings. The largest absolute Gasteiger partial charge is 0.253 e. The minimum atomic E-state index is 0.918. The highest BCUT2D eigenvalue weighted by Crippen LogP contribution is 2.40. The Labute approximate surface area is 180 Å². The second-order valence-corrected chi connectivity index (χ2v) is 9.02. The molecule has 0 bridgehead atoms. The molecule has 30 heavy (non-hydrogen) atoms. The number of hydrogen-bond acceptors (Lipinski definition) is 6. The molecule has 6 rings (SSSR count). The molecule has 0 spiro atoms. The minimum absolute atomic E-state index is 0.918. The van der Waals surface area contributed by atoms with Crippen LogP contribution in [0.3, 0.4) is 0 Å². The monoisotopic (exact) mass is 422 g/mol. The molecule has 0 atom stereocenters. The van der Waals surface area contributed by atoms with Gasteiger partial charge in [0.05, 0.1) is 22.1 Å². The van der Waals surface area contributed by atoms with Gasteiger partial charge in [-0.1, -0.05) is 12.1 Å². The van der Waals surface area contributed by atoms with Gasteiger partial charge >= 0.3 is 0 Å². The third-order valence-electron chi connectivity index (χ3n) is 4.96. The van der Waals surface area contributed by atoms with Crippen molar-refractivity contribution in [3.05, 3.63) is 85.5 Å². The van der Waals surface area contributed by atoms with E-state index >= 15 is 0 Å². The topological polar surface area (TPSA) is 51.6 Å². The summed E-state index contributed by atoms with van der Waals surface area (Å²) in [5, 5.41) is 0. The van der Waals surface area contributed by atoms with Crippen molar-refractivity contribution in [3.63, 3.8) is 0 Å². The number of nitrogens with zero attached hydrogens (tertiary/aromatic N) is 4. The summed E-state index contributed by atoms with van der Waals surface area (Å²) in [6, 6.07) is 21.3. The van der Waals surface area contributed by atoms with Gasteiger partial charge in [-0.05, 0) is 59.7 Å². The molecule has 6 heteroatoms. The maximum Gasteiger partial charge on any atom is 0.0893 e.